The molecule has 0 bridgehead atoms. The maximum absolute atomic E-state index is 13.4. The number of alkyl halides is 1. The van der Waals surface area contributed by atoms with Crippen molar-refractivity contribution >= 4 is 33.0 Å². The van der Waals surface area contributed by atoms with E-state index in [2.05, 4.69) is 0 Å². The van der Waals surface area contributed by atoms with E-state index in [1.807, 2.05) is 0 Å². The molecule has 0 aromatic heterocycles. The first-order chi connectivity index (χ1) is 8.93. The van der Waals surface area contributed by atoms with E-state index in [9.17, 15) is 12.8 Å². The number of rotatable bonds is 4. The van der Waals surface area contributed by atoms with Crippen molar-refractivity contribution in [1.82, 2.24) is 0 Å². The van der Waals surface area contributed by atoms with Crippen molar-refractivity contribution in [3.63, 3.8) is 0 Å². The van der Waals surface area contributed by atoms with E-state index in [0.717, 1.165) is 0 Å². The van der Waals surface area contributed by atoms with Gasteiger partial charge < -0.3 is 0 Å². The molecule has 2 atom stereocenters. The topological polar surface area (TPSA) is 34.1 Å². The van der Waals surface area contributed by atoms with Gasteiger partial charge in [-0.1, -0.05) is 23.7 Å². The van der Waals surface area contributed by atoms with Crippen molar-refractivity contribution in [3.8, 4) is 0 Å². The lowest BCUT2D eigenvalue weighted by molar-refractivity contribution is 0.397. The largest absolute Gasteiger partial charge is 0.229 e. The SMILES string of the molecule is O=S1(=O)CCC(C(CCl)Cc2cccc(F)c2Cl)C1. The molecule has 1 aromatic rings. The van der Waals surface area contributed by atoms with Crippen molar-refractivity contribution < 1.29 is 12.8 Å². The van der Waals surface area contributed by atoms with Gasteiger partial charge in [-0.2, -0.15) is 0 Å². The molecule has 2 unspecified atom stereocenters. The van der Waals surface area contributed by atoms with Crippen LogP contribution in [0.4, 0.5) is 4.39 Å². The molecule has 1 aliphatic heterocycles. The monoisotopic (exact) mass is 324 g/mol. The first-order valence-corrected chi connectivity index (χ1v) is 8.85. The predicted octanol–water partition coefficient (Wildman–Crippen LogP) is 3.31. The van der Waals surface area contributed by atoms with Gasteiger partial charge in [0.05, 0.1) is 16.5 Å². The van der Waals surface area contributed by atoms with E-state index in [-0.39, 0.29) is 28.4 Å². The summed E-state index contributed by atoms with van der Waals surface area (Å²) in [5.74, 6) is 0.360. The van der Waals surface area contributed by atoms with E-state index in [0.29, 0.717) is 24.3 Å². The van der Waals surface area contributed by atoms with Crippen molar-refractivity contribution in [1.29, 1.82) is 0 Å². The normalized spacial score (nSPS) is 23.4. The van der Waals surface area contributed by atoms with E-state index in [1.54, 1.807) is 12.1 Å². The second kappa shape index (κ2) is 5.98. The highest BCUT2D eigenvalue weighted by atomic mass is 35.5. The van der Waals surface area contributed by atoms with Gasteiger partial charge >= 0.3 is 0 Å². The van der Waals surface area contributed by atoms with Gasteiger partial charge in [0.25, 0.3) is 0 Å². The molecule has 2 nitrogen and oxygen atoms in total. The molecule has 1 aliphatic rings. The summed E-state index contributed by atoms with van der Waals surface area (Å²) in [6.45, 7) is 0. The maximum Gasteiger partial charge on any atom is 0.150 e. The number of hydrogen-bond donors (Lipinski definition) is 0. The van der Waals surface area contributed by atoms with E-state index >= 15 is 0 Å². The fourth-order valence-corrected chi connectivity index (χ4v) is 5.02. The van der Waals surface area contributed by atoms with Crippen LogP contribution in [0.2, 0.25) is 5.02 Å². The quantitative estimate of drug-likeness (QED) is 0.796. The Morgan fingerprint density at radius 3 is 2.74 bits per heavy atom. The lowest BCUT2D eigenvalue weighted by Gasteiger charge is -2.20. The van der Waals surface area contributed by atoms with Gasteiger partial charge in [0, 0.05) is 5.88 Å². The van der Waals surface area contributed by atoms with Gasteiger partial charge in [0.2, 0.25) is 0 Å². The molecule has 0 aliphatic carbocycles. The van der Waals surface area contributed by atoms with Gasteiger partial charge in [-0.3, -0.25) is 0 Å². The lowest BCUT2D eigenvalue weighted by atomic mass is 9.88. The Kier molecular flexibility index (Phi) is 4.75. The Hall–Kier alpha value is -0.320. The highest BCUT2D eigenvalue weighted by molar-refractivity contribution is 7.91. The van der Waals surface area contributed by atoms with Gasteiger partial charge in [-0.15, -0.1) is 11.6 Å². The van der Waals surface area contributed by atoms with Crippen molar-refractivity contribution in [2.24, 2.45) is 11.8 Å². The summed E-state index contributed by atoms with van der Waals surface area (Å²) >= 11 is 11.9. The first-order valence-electron chi connectivity index (χ1n) is 6.12. The molecule has 2 rings (SSSR count). The number of halogens is 3. The summed E-state index contributed by atoms with van der Waals surface area (Å²) < 4.78 is 36.4. The highest BCUT2D eigenvalue weighted by Gasteiger charge is 2.33. The third kappa shape index (κ3) is 3.61. The lowest BCUT2D eigenvalue weighted by Crippen LogP contribution is -2.20. The van der Waals surface area contributed by atoms with Crippen LogP contribution in [0, 0.1) is 17.7 Å². The molecule has 19 heavy (non-hydrogen) atoms. The molecule has 1 fully saturated rings. The molecular weight excluding hydrogens is 310 g/mol. The van der Waals surface area contributed by atoms with E-state index in [4.69, 9.17) is 23.2 Å². The van der Waals surface area contributed by atoms with Crippen LogP contribution in [-0.4, -0.2) is 25.8 Å². The van der Waals surface area contributed by atoms with Crippen LogP contribution in [-0.2, 0) is 16.3 Å². The van der Waals surface area contributed by atoms with Crippen LogP contribution >= 0.6 is 23.2 Å². The van der Waals surface area contributed by atoms with Gasteiger partial charge in [-0.05, 0) is 36.3 Å². The standard InChI is InChI=1S/C13H15Cl2FO2S/c14-7-11(10-4-5-19(17,18)8-10)6-9-2-1-3-12(16)13(9)15/h1-3,10-11H,4-8H2. The van der Waals surface area contributed by atoms with Crippen molar-refractivity contribution in [3.05, 3.63) is 34.6 Å². The molecule has 0 radical (unpaired) electrons. The Morgan fingerprint density at radius 2 is 2.16 bits per heavy atom. The average molecular weight is 325 g/mol. The minimum Gasteiger partial charge on any atom is -0.229 e. The maximum atomic E-state index is 13.4. The molecule has 0 amide bonds. The summed E-state index contributed by atoms with van der Waals surface area (Å²) in [7, 11) is -2.93. The zero-order valence-corrected chi connectivity index (χ0v) is 12.6. The molecule has 106 valence electrons. The first kappa shape index (κ1) is 15.1. The Balaban J connectivity index is 2.14. The van der Waals surface area contributed by atoms with Crippen LogP contribution in [0.25, 0.3) is 0 Å². The molecule has 1 aromatic carbocycles. The van der Waals surface area contributed by atoms with E-state index < -0.39 is 15.7 Å². The second-order valence-corrected chi connectivity index (χ2v) is 7.91. The number of hydrogen-bond acceptors (Lipinski definition) is 2. The Bertz CT molecular complexity index is 560. The molecular formula is C13H15Cl2FO2S. The summed E-state index contributed by atoms with van der Waals surface area (Å²) in [6.07, 6.45) is 1.15. The molecule has 0 saturated carbocycles. The van der Waals surface area contributed by atoms with Crippen molar-refractivity contribution in [2.45, 2.75) is 12.8 Å². The molecule has 1 heterocycles. The molecule has 6 heteroatoms. The minimum absolute atomic E-state index is 0.0123. The Labute approximate surface area is 122 Å². The molecule has 0 spiro atoms. The zero-order chi connectivity index (χ0) is 14.0. The zero-order valence-electron chi connectivity index (χ0n) is 10.3. The smallest absolute Gasteiger partial charge is 0.150 e. The van der Waals surface area contributed by atoms with Gasteiger partial charge in [0.15, 0.2) is 9.84 Å². The van der Waals surface area contributed by atoms with Crippen LogP contribution < -0.4 is 0 Å². The van der Waals surface area contributed by atoms with Crippen molar-refractivity contribution in [2.75, 3.05) is 17.4 Å². The van der Waals surface area contributed by atoms with E-state index in [1.165, 1.54) is 6.07 Å². The summed E-state index contributed by atoms with van der Waals surface area (Å²) in [5, 5.41) is 0.110. The molecule has 0 N–H and O–H groups in total. The average Bonchev–Trinajstić information content (AvgIpc) is 2.71. The fourth-order valence-electron chi connectivity index (χ4n) is 2.53. The van der Waals surface area contributed by atoms with Crippen LogP contribution in [0.5, 0.6) is 0 Å². The highest BCUT2D eigenvalue weighted by Crippen LogP contribution is 2.31. The Morgan fingerprint density at radius 1 is 1.42 bits per heavy atom. The summed E-state index contributed by atoms with van der Waals surface area (Å²) in [5.41, 5.74) is 0.691. The second-order valence-electron chi connectivity index (χ2n) is 4.99. The fraction of sp³-hybridized carbons (Fsp3) is 0.538. The summed E-state index contributed by atoms with van der Waals surface area (Å²) in [6, 6.07) is 4.67. The number of benzene rings is 1. The van der Waals surface area contributed by atoms with Gasteiger partial charge in [0.1, 0.15) is 5.82 Å². The predicted molar refractivity (Wildman–Crippen MR) is 76.1 cm³/mol. The van der Waals surface area contributed by atoms with Gasteiger partial charge in [-0.25, -0.2) is 12.8 Å². The third-order valence-electron chi connectivity index (χ3n) is 3.65. The van der Waals surface area contributed by atoms with Crippen LogP contribution in [0.15, 0.2) is 18.2 Å². The van der Waals surface area contributed by atoms with Crippen LogP contribution in [0.3, 0.4) is 0 Å². The van der Waals surface area contributed by atoms with Crippen LogP contribution in [0.1, 0.15) is 12.0 Å². The summed E-state index contributed by atoms with van der Waals surface area (Å²) in [4.78, 5) is 0. The third-order valence-corrected chi connectivity index (χ3v) is 6.26. The number of sulfone groups is 1. The minimum atomic E-state index is -2.93. The molecule has 1 saturated heterocycles.